The smallest absolute Gasteiger partial charge is 0.163 e. The topological polar surface area (TPSA) is 65.5 Å². The number of nitrogens with zero attached hydrogens (tertiary/aromatic N) is 2. The predicted molar refractivity (Wildman–Crippen MR) is 137 cm³/mol. The Morgan fingerprint density at radius 3 is 2.55 bits per heavy atom. The van der Waals surface area contributed by atoms with Gasteiger partial charge < -0.3 is 15.3 Å². The van der Waals surface area contributed by atoms with E-state index in [0.717, 1.165) is 47.1 Å². The number of rotatable bonds is 6. The number of Topliss-reactive ketones (excluding diaryl/α,β-unsaturated/α-hetero) is 1. The molecule has 0 amide bonds. The number of carbonyl (C=O) groups excluding carboxylic acids is 1. The minimum absolute atomic E-state index is 0.0197. The number of carbonyl (C=O) groups is 1. The Hall–Kier alpha value is -2.34. The molecule has 0 unspecified atom stereocenters. The summed E-state index contributed by atoms with van der Waals surface area (Å²) >= 11 is 12.3. The van der Waals surface area contributed by atoms with Crippen molar-refractivity contribution in [1.29, 1.82) is 0 Å². The molecule has 1 heterocycles. The maximum absolute atomic E-state index is 12.5. The first-order valence-electron chi connectivity index (χ1n) is 11.3. The first-order valence-corrected chi connectivity index (χ1v) is 12.0. The Bertz CT molecular complexity index is 1170. The summed E-state index contributed by atoms with van der Waals surface area (Å²) in [7, 11) is 4.23. The van der Waals surface area contributed by atoms with Crippen molar-refractivity contribution in [2.75, 3.05) is 26.0 Å². The van der Waals surface area contributed by atoms with Gasteiger partial charge in [0.25, 0.3) is 0 Å². The number of phenolic OH excluding ortho intramolecular Hbond substituents is 1. The highest BCUT2D eigenvalue weighted by atomic mass is 35.5. The number of anilines is 1. The molecule has 1 fully saturated rings. The Kier molecular flexibility index (Phi) is 7.13. The molecule has 1 aromatic heterocycles. The average molecular weight is 486 g/mol. The van der Waals surface area contributed by atoms with E-state index >= 15 is 0 Å². The number of aromatic nitrogens is 1. The lowest BCUT2D eigenvalue weighted by atomic mass is 9.85. The lowest BCUT2D eigenvalue weighted by Gasteiger charge is -2.32. The van der Waals surface area contributed by atoms with Crippen LogP contribution in [0.4, 0.5) is 5.69 Å². The molecule has 1 aliphatic rings. The SMILES string of the molecule is CC(=O)c1cnc2ccc(-c3cc(Cl)c(O)c(Cl)c3)cc2c1N[C@H]1CCC[C@@H](CN(C)C)C1. The van der Waals surface area contributed by atoms with Gasteiger partial charge in [-0.2, -0.15) is 0 Å². The summed E-state index contributed by atoms with van der Waals surface area (Å²) in [5, 5.41) is 14.9. The molecule has 2 N–H and O–H groups in total. The average Bonchev–Trinajstić information content (AvgIpc) is 2.76. The molecule has 0 radical (unpaired) electrons. The third kappa shape index (κ3) is 5.26. The first kappa shape index (κ1) is 23.8. The van der Waals surface area contributed by atoms with Gasteiger partial charge in [-0.1, -0.05) is 35.7 Å². The van der Waals surface area contributed by atoms with Crippen LogP contribution in [0.15, 0.2) is 36.5 Å². The number of halogens is 2. The standard InChI is InChI=1S/C26H29Cl2N3O2/c1-15(32)21-13-29-24-8-7-17(18-11-22(27)26(33)23(28)12-18)10-20(24)25(21)30-19-6-4-5-16(9-19)14-31(2)3/h7-8,10-13,16,19,33H,4-6,9,14H2,1-3H3,(H,29,30)/t16-,19+/m1/s1. The zero-order chi connectivity index (χ0) is 23.7. The van der Waals surface area contributed by atoms with Crippen LogP contribution in [0.25, 0.3) is 22.0 Å². The van der Waals surface area contributed by atoms with E-state index in [1.165, 1.54) is 12.8 Å². The van der Waals surface area contributed by atoms with Crippen molar-refractivity contribution in [2.45, 2.75) is 38.6 Å². The zero-order valence-electron chi connectivity index (χ0n) is 19.2. The number of fused-ring (bicyclic) bond motifs is 1. The van der Waals surface area contributed by atoms with Crippen molar-refractivity contribution in [3.8, 4) is 16.9 Å². The molecule has 174 valence electrons. The summed E-state index contributed by atoms with van der Waals surface area (Å²) in [5.74, 6) is 0.487. The third-order valence-electron chi connectivity index (χ3n) is 6.35. The van der Waals surface area contributed by atoms with Crippen molar-refractivity contribution in [3.05, 3.63) is 52.1 Å². The molecule has 0 aliphatic heterocycles. The Morgan fingerprint density at radius 2 is 1.88 bits per heavy atom. The van der Waals surface area contributed by atoms with Gasteiger partial charge in [0.2, 0.25) is 0 Å². The molecular formula is C26H29Cl2N3O2. The maximum Gasteiger partial charge on any atom is 0.163 e. The quantitative estimate of drug-likeness (QED) is 0.382. The highest BCUT2D eigenvalue weighted by Gasteiger charge is 2.24. The fourth-order valence-corrected chi connectivity index (χ4v) is 5.32. The maximum atomic E-state index is 12.5. The molecule has 7 heteroatoms. The molecule has 4 rings (SSSR count). The first-order chi connectivity index (χ1) is 15.7. The molecule has 1 aliphatic carbocycles. The number of pyridine rings is 1. The lowest BCUT2D eigenvalue weighted by Crippen LogP contribution is -2.32. The van der Waals surface area contributed by atoms with Crippen LogP contribution in [-0.4, -0.2) is 47.5 Å². The van der Waals surface area contributed by atoms with Crippen molar-refractivity contribution in [1.82, 2.24) is 9.88 Å². The van der Waals surface area contributed by atoms with E-state index < -0.39 is 0 Å². The van der Waals surface area contributed by atoms with E-state index in [9.17, 15) is 9.90 Å². The number of benzene rings is 2. The second-order valence-corrected chi connectivity index (χ2v) is 10.1. The molecule has 0 saturated heterocycles. The van der Waals surface area contributed by atoms with Crippen LogP contribution in [0.2, 0.25) is 10.0 Å². The Balaban J connectivity index is 1.76. The van der Waals surface area contributed by atoms with Crippen LogP contribution in [0.1, 0.15) is 43.0 Å². The number of hydrogen-bond donors (Lipinski definition) is 2. The summed E-state index contributed by atoms with van der Waals surface area (Å²) in [6.07, 6.45) is 6.22. The molecule has 33 heavy (non-hydrogen) atoms. The van der Waals surface area contributed by atoms with Gasteiger partial charge in [-0.25, -0.2) is 0 Å². The van der Waals surface area contributed by atoms with E-state index in [-0.39, 0.29) is 21.6 Å². The van der Waals surface area contributed by atoms with Crippen molar-refractivity contribution in [2.24, 2.45) is 5.92 Å². The lowest BCUT2D eigenvalue weighted by molar-refractivity contribution is 0.101. The van der Waals surface area contributed by atoms with Crippen molar-refractivity contribution in [3.63, 3.8) is 0 Å². The van der Waals surface area contributed by atoms with Crippen molar-refractivity contribution < 1.29 is 9.90 Å². The third-order valence-corrected chi connectivity index (χ3v) is 6.93. The van der Waals surface area contributed by atoms with Gasteiger partial charge in [-0.05, 0) is 81.6 Å². The molecule has 0 spiro atoms. The summed E-state index contributed by atoms with van der Waals surface area (Å²) in [6.45, 7) is 2.65. The minimum atomic E-state index is -0.129. The molecule has 5 nitrogen and oxygen atoms in total. The summed E-state index contributed by atoms with van der Waals surface area (Å²) < 4.78 is 0. The van der Waals surface area contributed by atoms with Crippen LogP contribution in [-0.2, 0) is 0 Å². The number of phenols is 1. The largest absolute Gasteiger partial charge is 0.505 e. The number of ketones is 1. The van der Waals surface area contributed by atoms with E-state index in [4.69, 9.17) is 23.2 Å². The van der Waals surface area contributed by atoms with Gasteiger partial charge in [0.1, 0.15) is 0 Å². The van der Waals surface area contributed by atoms with Gasteiger partial charge in [0, 0.05) is 24.2 Å². The zero-order valence-corrected chi connectivity index (χ0v) is 20.7. The highest BCUT2D eigenvalue weighted by molar-refractivity contribution is 6.37. The van der Waals surface area contributed by atoms with Gasteiger partial charge in [-0.15, -0.1) is 0 Å². The Labute approximate surface area is 204 Å². The summed E-state index contributed by atoms with van der Waals surface area (Å²) in [4.78, 5) is 19.3. The van der Waals surface area contributed by atoms with Crippen LogP contribution in [0.5, 0.6) is 5.75 Å². The predicted octanol–water partition coefficient (Wildman–Crippen LogP) is 6.65. The molecular weight excluding hydrogens is 457 g/mol. The molecule has 1 saturated carbocycles. The normalized spacial score (nSPS) is 18.6. The fraction of sp³-hybridized carbons (Fsp3) is 0.385. The molecule has 3 aromatic rings. The van der Waals surface area contributed by atoms with Gasteiger partial charge in [0.05, 0.1) is 26.8 Å². The van der Waals surface area contributed by atoms with E-state index in [1.54, 1.807) is 25.3 Å². The van der Waals surface area contributed by atoms with E-state index in [1.807, 2.05) is 18.2 Å². The number of nitrogens with one attached hydrogen (secondary N) is 1. The van der Waals surface area contributed by atoms with Crippen LogP contribution in [0, 0.1) is 5.92 Å². The second-order valence-electron chi connectivity index (χ2n) is 9.26. The molecule has 0 bridgehead atoms. The molecule has 2 atom stereocenters. The monoisotopic (exact) mass is 485 g/mol. The fourth-order valence-electron chi connectivity index (χ4n) is 4.84. The summed E-state index contributed by atoms with van der Waals surface area (Å²) in [5.41, 5.74) is 3.90. The van der Waals surface area contributed by atoms with Gasteiger partial charge >= 0.3 is 0 Å². The van der Waals surface area contributed by atoms with Gasteiger partial charge in [0.15, 0.2) is 11.5 Å². The van der Waals surface area contributed by atoms with Crippen LogP contribution >= 0.6 is 23.2 Å². The van der Waals surface area contributed by atoms with Gasteiger partial charge in [-0.3, -0.25) is 9.78 Å². The van der Waals surface area contributed by atoms with E-state index in [2.05, 4.69) is 29.3 Å². The van der Waals surface area contributed by atoms with Crippen LogP contribution < -0.4 is 5.32 Å². The number of hydrogen-bond acceptors (Lipinski definition) is 5. The minimum Gasteiger partial charge on any atom is -0.505 e. The van der Waals surface area contributed by atoms with Crippen LogP contribution in [0.3, 0.4) is 0 Å². The van der Waals surface area contributed by atoms with Crippen molar-refractivity contribution >= 4 is 45.6 Å². The van der Waals surface area contributed by atoms with E-state index in [0.29, 0.717) is 17.5 Å². The highest BCUT2D eigenvalue weighted by Crippen LogP contribution is 2.38. The number of aromatic hydroxyl groups is 1. The molecule has 2 aromatic carbocycles. The second kappa shape index (κ2) is 9.88. The summed E-state index contributed by atoms with van der Waals surface area (Å²) in [6, 6.07) is 9.56. The Morgan fingerprint density at radius 1 is 1.15 bits per heavy atom.